The number of nitrogens with zero attached hydrogens (tertiary/aromatic N) is 2. The molecule has 1 aliphatic rings. The number of aromatic nitrogens is 1. The van der Waals surface area contributed by atoms with E-state index in [1.165, 1.54) is 0 Å². The van der Waals surface area contributed by atoms with E-state index in [0.29, 0.717) is 12.2 Å². The standard InChI is InChI=1S/C18H20N2O2/c1-19-11-6-10-16(19)18(22)20-12-5-9-15(13-20)17(21)14-7-3-2-4-8-14/h2-4,6-8,10-11,15H,5,9,12-13H2,1H3. The van der Waals surface area contributed by atoms with Gasteiger partial charge in [0.05, 0.1) is 0 Å². The molecule has 0 aliphatic carbocycles. The van der Waals surface area contributed by atoms with Gasteiger partial charge in [0.25, 0.3) is 5.91 Å². The van der Waals surface area contributed by atoms with E-state index < -0.39 is 0 Å². The number of carbonyl (C=O) groups excluding carboxylic acids is 2. The average molecular weight is 296 g/mol. The summed E-state index contributed by atoms with van der Waals surface area (Å²) in [5.74, 6) is 0.0587. The van der Waals surface area contributed by atoms with Gasteiger partial charge in [0, 0.05) is 37.8 Å². The van der Waals surface area contributed by atoms with Crippen molar-refractivity contribution in [3.8, 4) is 0 Å². The van der Waals surface area contributed by atoms with Crippen LogP contribution in [-0.2, 0) is 7.05 Å². The number of aryl methyl sites for hydroxylation is 1. The van der Waals surface area contributed by atoms with Gasteiger partial charge in [0.15, 0.2) is 5.78 Å². The van der Waals surface area contributed by atoms with Crippen LogP contribution in [0.25, 0.3) is 0 Å². The van der Waals surface area contributed by atoms with Crippen molar-refractivity contribution in [1.29, 1.82) is 0 Å². The number of carbonyl (C=O) groups is 2. The SMILES string of the molecule is Cn1cccc1C(=O)N1CCCC(C(=O)c2ccccc2)C1. The highest BCUT2D eigenvalue weighted by Crippen LogP contribution is 2.22. The summed E-state index contributed by atoms with van der Waals surface area (Å²) in [6.07, 6.45) is 3.59. The Balaban J connectivity index is 1.73. The van der Waals surface area contributed by atoms with E-state index in [2.05, 4.69) is 0 Å². The van der Waals surface area contributed by atoms with Gasteiger partial charge in [-0.3, -0.25) is 9.59 Å². The molecular weight excluding hydrogens is 276 g/mol. The summed E-state index contributed by atoms with van der Waals surface area (Å²) in [4.78, 5) is 27.0. The number of hydrogen-bond acceptors (Lipinski definition) is 2. The third-order valence-electron chi connectivity index (χ3n) is 4.30. The first kappa shape index (κ1) is 14.6. The molecule has 1 unspecified atom stereocenters. The Bertz CT molecular complexity index is 675. The molecule has 2 heterocycles. The largest absolute Gasteiger partial charge is 0.347 e. The van der Waals surface area contributed by atoms with Crippen molar-refractivity contribution in [2.75, 3.05) is 13.1 Å². The number of likely N-dealkylation sites (tertiary alicyclic amines) is 1. The van der Waals surface area contributed by atoms with Crippen LogP contribution in [0.3, 0.4) is 0 Å². The highest BCUT2D eigenvalue weighted by Gasteiger charge is 2.30. The molecule has 1 fully saturated rings. The fourth-order valence-electron chi connectivity index (χ4n) is 3.06. The molecule has 4 nitrogen and oxygen atoms in total. The lowest BCUT2D eigenvalue weighted by molar-refractivity contribution is 0.0629. The third kappa shape index (κ3) is 2.82. The fraction of sp³-hybridized carbons (Fsp3) is 0.333. The van der Waals surface area contributed by atoms with Gasteiger partial charge in [-0.05, 0) is 25.0 Å². The quantitative estimate of drug-likeness (QED) is 0.817. The Hall–Kier alpha value is -2.36. The molecular formula is C18H20N2O2. The maximum atomic E-state index is 12.6. The number of piperidine rings is 1. The zero-order valence-corrected chi connectivity index (χ0v) is 12.7. The number of benzene rings is 1. The molecule has 0 spiro atoms. The van der Waals surface area contributed by atoms with Crippen LogP contribution >= 0.6 is 0 Å². The van der Waals surface area contributed by atoms with Gasteiger partial charge >= 0.3 is 0 Å². The van der Waals surface area contributed by atoms with Crippen LogP contribution in [0.2, 0.25) is 0 Å². The molecule has 2 aromatic rings. The van der Waals surface area contributed by atoms with E-state index >= 15 is 0 Å². The number of rotatable bonds is 3. The topological polar surface area (TPSA) is 42.3 Å². The summed E-state index contributed by atoms with van der Waals surface area (Å²) in [6, 6.07) is 13.0. The fourth-order valence-corrected chi connectivity index (χ4v) is 3.06. The second-order valence-corrected chi connectivity index (χ2v) is 5.82. The molecule has 0 radical (unpaired) electrons. The first-order valence-electron chi connectivity index (χ1n) is 7.66. The lowest BCUT2D eigenvalue weighted by atomic mass is 9.90. The van der Waals surface area contributed by atoms with Gasteiger partial charge < -0.3 is 9.47 Å². The van der Waals surface area contributed by atoms with Crippen LogP contribution in [0.5, 0.6) is 0 Å². The molecule has 0 N–H and O–H groups in total. The van der Waals surface area contributed by atoms with Crippen molar-refractivity contribution < 1.29 is 9.59 Å². The second-order valence-electron chi connectivity index (χ2n) is 5.82. The van der Waals surface area contributed by atoms with Crippen LogP contribution in [0.1, 0.15) is 33.7 Å². The molecule has 114 valence electrons. The van der Waals surface area contributed by atoms with Crippen molar-refractivity contribution in [2.45, 2.75) is 12.8 Å². The molecule has 0 bridgehead atoms. The molecule has 1 aromatic carbocycles. The smallest absolute Gasteiger partial charge is 0.270 e. The van der Waals surface area contributed by atoms with Crippen molar-refractivity contribution >= 4 is 11.7 Å². The van der Waals surface area contributed by atoms with Crippen LogP contribution in [0.4, 0.5) is 0 Å². The zero-order valence-electron chi connectivity index (χ0n) is 12.7. The molecule has 3 rings (SSSR count). The summed E-state index contributed by atoms with van der Waals surface area (Å²) in [6.45, 7) is 1.24. The van der Waals surface area contributed by atoms with E-state index in [9.17, 15) is 9.59 Å². The van der Waals surface area contributed by atoms with Crippen LogP contribution in [0, 0.1) is 5.92 Å². The van der Waals surface area contributed by atoms with Gasteiger partial charge in [-0.2, -0.15) is 0 Å². The van der Waals surface area contributed by atoms with E-state index in [0.717, 1.165) is 24.9 Å². The average Bonchev–Trinajstić information content (AvgIpc) is 3.00. The van der Waals surface area contributed by atoms with Crippen molar-refractivity contribution in [2.24, 2.45) is 13.0 Å². The molecule has 1 amide bonds. The summed E-state index contributed by atoms with van der Waals surface area (Å²) >= 11 is 0. The van der Waals surface area contributed by atoms with Crippen molar-refractivity contribution in [1.82, 2.24) is 9.47 Å². The lowest BCUT2D eigenvalue weighted by Gasteiger charge is -2.32. The Morgan fingerprint density at radius 2 is 1.86 bits per heavy atom. The first-order chi connectivity index (χ1) is 10.7. The van der Waals surface area contributed by atoms with Gasteiger partial charge in [-0.15, -0.1) is 0 Å². The maximum absolute atomic E-state index is 12.6. The van der Waals surface area contributed by atoms with E-state index in [1.807, 2.05) is 65.2 Å². The number of Topliss-reactive ketones (excluding diaryl/α,β-unsaturated/α-hetero) is 1. The monoisotopic (exact) mass is 296 g/mol. The van der Waals surface area contributed by atoms with E-state index in [-0.39, 0.29) is 17.6 Å². The molecule has 1 atom stereocenters. The minimum Gasteiger partial charge on any atom is -0.347 e. The summed E-state index contributed by atoms with van der Waals surface area (Å²) < 4.78 is 1.82. The Kier molecular flexibility index (Phi) is 4.09. The Labute approximate surface area is 130 Å². The third-order valence-corrected chi connectivity index (χ3v) is 4.30. The molecule has 4 heteroatoms. The Morgan fingerprint density at radius 3 is 2.55 bits per heavy atom. The minimum absolute atomic E-state index is 0.0121. The lowest BCUT2D eigenvalue weighted by Crippen LogP contribution is -2.42. The van der Waals surface area contributed by atoms with Crippen LogP contribution in [-0.4, -0.2) is 34.2 Å². The van der Waals surface area contributed by atoms with E-state index in [1.54, 1.807) is 0 Å². The minimum atomic E-state index is -0.0969. The molecule has 1 aromatic heterocycles. The van der Waals surface area contributed by atoms with Crippen LogP contribution < -0.4 is 0 Å². The summed E-state index contributed by atoms with van der Waals surface area (Å²) in [5, 5.41) is 0. The predicted molar refractivity (Wildman–Crippen MR) is 84.8 cm³/mol. The molecule has 22 heavy (non-hydrogen) atoms. The highest BCUT2D eigenvalue weighted by molar-refractivity contribution is 5.99. The molecule has 1 aliphatic heterocycles. The predicted octanol–water partition coefficient (Wildman–Crippen LogP) is 2.76. The summed E-state index contributed by atoms with van der Waals surface area (Å²) in [7, 11) is 1.86. The molecule has 0 saturated carbocycles. The molecule has 1 saturated heterocycles. The van der Waals surface area contributed by atoms with Gasteiger partial charge in [-0.25, -0.2) is 0 Å². The van der Waals surface area contributed by atoms with Crippen LogP contribution in [0.15, 0.2) is 48.7 Å². The number of amides is 1. The Morgan fingerprint density at radius 1 is 1.09 bits per heavy atom. The second kappa shape index (κ2) is 6.18. The van der Waals surface area contributed by atoms with Gasteiger partial charge in [-0.1, -0.05) is 30.3 Å². The summed E-state index contributed by atoms with van der Waals surface area (Å²) in [5.41, 5.74) is 1.41. The first-order valence-corrected chi connectivity index (χ1v) is 7.66. The zero-order chi connectivity index (χ0) is 15.5. The normalized spacial score (nSPS) is 18.2. The highest BCUT2D eigenvalue weighted by atomic mass is 16.2. The van der Waals surface area contributed by atoms with Gasteiger partial charge in [0.2, 0.25) is 0 Å². The number of hydrogen-bond donors (Lipinski definition) is 0. The van der Waals surface area contributed by atoms with E-state index in [4.69, 9.17) is 0 Å². The van der Waals surface area contributed by atoms with Gasteiger partial charge in [0.1, 0.15) is 5.69 Å². The number of ketones is 1. The maximum Gasteiger partial charge on any atom is 0.270 e. The van der Waals surface area contributed by atoms with Crippen molar-refractivity contribution in [3.05, 3.63) is 59.9 Å². The van der Waals surface area contributed by atoms with Crippen molar-refractivity contribution in [3.63, 3.8) is 0 Å².